The molecule has 2 unspecified atom stereocenters. The van der Waals surface area contributed by atoms with E-state index in [9.17, 15) is 23.7 Å². The van der Waals surface area contributed by atoms with Gasteiger partial charge in [-0.1, -0.05) is 73.1 Å². The summed E-state index contributed by atoms with van der Waals surface area (Å²) < 4.78 is 35.7. The fourth-order valence-electron chi connectivity index (χ4n) is 8.34. The van der Waals surface area contributed by atoms with Crippen molar-refractivity contribution in [1.82, 2.24) is 15.1 Å². The highest BCUT2D eigenvalue weighted by atomic mass is 31.2. The summed E-state index contributed by atoms with van der Waals surface area (Å²) in [6, 6.07) is 6.34. The van der Waals surface area contributed by atoms with Crippen molar-refractivity contribution in [3.8, 4) is 5.75 Å². The van der Waals surface area contributed by atoms with E-state index in [0.29, 0.717) is 38.0 Å². The number of hydrogen-bond acceptors (Lipinski definition) is 10. The second-order valence-electron chi connectivity index (χ2n) is 16.3. The van der Waals surface area contributed by atoms with E-state index in [4.69, 9.17) is 18.5 Å². The molecule has 1 aromatic rings. The number of amides is 2. The van der Waals surface area contributed by atoms with Gasteiger partial charge in [0, 0.05) is 59.2 Å². The van der Waals surface area contributed by atoms with Crippen LogP contribution >= 0.6 is 7.60 Å². The van der Waals surface area contributed by atoms with Crippen LogP contribution in [0.2, 0.25) is 0 Å². The van der Waals surface area contributed by atoms with Gasteiger partial charge in [0.25, 0.3) is 0 Å². The Morgan fingerprint density at radius 2 is 1.62 bits per heavy atom. The first-order valence-electron chi connectivity index (χ1n) is 20.7. The first-order chi connectivity index (χ1) is 26.4. The predicted molar refractivity (Wildman–Crippen MR) is 222 cm³/mol. The number of para-hydroxylation sites is 1. The van der Waals surface area contributed by atoms with Gasteiger partial charge in [0.15, 0.2) is 5.78 Å². The summed E-state index contributed by atoms with van der Waals surface area (Å²) in [6.07, 6.45) is 2.82. The molecule has 0 spiro atoms. The van der Waals surface area contributed by atoms with E-state index in [0.717, 1.165) is 18.4 Å². The quantitative estimate of drug-likeness (QED) is 0.0956. The Hall–Kier alpha value is -2.63. The van der Waals surface area contributed by atoms with Gasteiger partial charge >= 0.3 is 7.60 Å². The number of rotatable bonds is 26. The standard InChI is InChI=1S/C43H74N3O9P/c1-14-30(7)41(45(10)43(50)33(28(3)4)26-36(48)40(44-9)29(5)6)38(52-11)27-39(49)46-25-19-22-34(46)42(53-12)31(8)35(47)23-18-21-32-20-16-17-24-37(32)55-56(13,51)54-15-2/h16-17,20,24,28-31,33-34,38,40-42,44H,14-15,18-19,21-23,25-27H2,1-13H3/t30?,31-,33-,34-,38+,40-,41-,42+,56?/m0/s1. The van der Waals surface area contributed by atoms with E-state index in [1.807, 2.05) is 57.7 Å². The lowest BCUT2D eigenvalue weighted by Crippen LogP contribution is -2.54. The van der Waals surface area contributed by atoms with Gasteiger partial charge in [-0.05, 0) is 69.0 Å². The number of likely N-dealkylation sites (tertiary alicyclic amines) is 1. The third-order valence-electron chi connectivity index (χ3n) is 11.7. The maximum Gasteiger partial charge on any atom is 0.376 e. The van der Waals surface area contributed by atoms with Gasteiger partial charge in [0.2, 0.25) is 11.8 Å². The van der Waals surface area contributed by atoms with Gasteiger partial charge in [-0.25, -0.2) is 4.57 Å². The van der Waals surface area contributed by atoms with Crippen LogP contribution in [-0.4, -0.2) is 112 Å². The Bertz CT molecular complexity index is 1460. The molecule has 0 aliphatic carbocycles. The van der Waals surface area contributed by atoms with Crippen molar-refractivity contribution in [2.75, 3.05) is 48.1 Å². The number of likely N-dealkylation sites (N-methyl/N-ethyl adjacent to an activating group) is 2. The Morgan fingerprint density at radius 3 is 2.18 bits per heavy atom. The Labute approximate surface area is 338 Å². The normalized spacial score (nSPS) is 19.5. The zero-order valence-electron chi connectivity index (χ0n) is 36.7. The number of aryl methyl sites for hydroxylation is 1. The van der Waals surface area contributed by atoms with Crippen LogP contribution in [0, 0.1) is 29.6 Å². The van der Waals surface area contributed by atoms with Crippen LogP contribution in [0.15, 0.2) is 24.3 Å². The molecule has 2 rings (SSSR count). The molecule has 320 valence electrons. The molecule has 0 bridgehead atoms. The number of carbonyl (C=O) groups excluding carboxylic acids is 4. The van der Waals surface area contributed by atoms with Crippen molar-refractivity contribution in [2.45, 2.75) is 137 Å². The molecule has 1 aliphatic rings. The summed E-state index contributed by atoms with van der Waals surface area (Å²) in [5.41, 5.74) is 0.850. The lowest BCUT2D eigenvalue weighted by molar-refractivity contribution is -0.149. The molecule has 12 nitrogen and oxygen atoms in total. The van der Waals surface area contributed by atoms with E-state index in [-0.39, 0.29) is 72.7 Å². The molecule has 1 aliphatic heterocycles. The molecule has 0 aromatic heterocycles. The fourth-order valence-corrected chi connectivity index (χ4v) is 9.40. The van der Waals surface area contributed by atoms with E-state index in [1.165, 1.54) is 6.66 Å². The monoisotopic (exact) mass is 808 g/mol. The molecule has 1 aromatic carbocycles. The van der Waals surface area contributed by atoms with Gasteiger partial charge in [0.05, 0.1) is 43.4 Å². The van der Waals surface area contributed by atoms with Gasteiger partial charge in [-0.3, -0.25) is 19.2 Å². The summed E-state index contributed by atoms with van der Waals surface area (Å²) in [5, 5.41) is 3.11. The topological polar surface area (TPSA) is 141 Å². The molecule has 1 N–H and O–H groups in total. The van der Waals surface area contributed by atoms with Crippen LogP contribution < -0.4 is 9.84 Å². The van der Waals surface area contributed by atoms with Crippen molar-refractivity contribution >= 4 is 31.0 Å². The molecular formula is C43H74N3O9P. The Kier molecular flexibility index (Phi) is 21.0. The number of methoxy groups -OCH3 is 2. The second-order valence-corrected chi connectivity index (χ2v) is 18.3. The maximum atomic E-state index is 14.2. The van der Waals surface area contributed by atoms with Crippen molar-refractivity contribution in [2.24, 2.45) is 29.6 Å². The van der Waals surface area contributed by atoms with Gasteiger partial charge in [-0.15, -0.1) is 0 Å². The minimum Gasteiger partial charge on any atom is -0.424 e. The second kappa shape index (κ2) is 23.7. The number of hydrogen-bond donors (Lipinski definition) is 1. The summed E-state index contributed by atoms with van der Waals surface area (Å²) in [5.74, 6) is -0.591. The number of benzene rings is 1. The molecule has 2 amide bonds. The first kappa shape index (κ1) is 49.5. The number of ketones is 2. The van der Waals surface area contributed by atoms with Crippen LogP contribution in [0.3, 0.4) is 0 Å². The molecular weight excluding hydrogens is 733 g/mol. The summed E-state index contributed by atoms with van der Waals surface area (Å²) in [7, 11) is 3.47. The molecule has 0 saturated carbocycles. The van der Waals surface area contributed by atoms with Crippen LogP contribution in [0.4, 0.5) is 0 Å². The fraction of sp³-hybridized carbons (Fsp3) is 0.767. The Balaban J connectivity index is 2.19. The van der Waals surface area contributed by atoms with Crippen molar-refractivity contribution in [1.29, 1.82) is 0 Å². The smallest absolute Gasteiger partial charge is 0.376 e. The zero-order chi connectivity index (χ0) is 42.3. The average molecular weight is 808 g/mol. The number of carbonyl (C=O) groups is 4. The van der Waals surface area contributed by atoms with E-state index in [2.05, 4.69) is 19.2 Å². The minimum atomic E-state index is -3.26. The SMILES string of the molecule is CCOP(C)(=O)Oc1ccccc1CCCC(=O)[C@H](C)[C@@H](OC)[C@@H]1CCCN1C(=O)C[C@@H](OC)[C@H](C(C)CC)N(C)C(=O)[C@@H](CC(=O)[C@@H](NC)C(C)C)C(C)C. The highest BCUT2D eigenvalue weighted by Gasteiger charge is 2.43. The molecule has 56 heavy (non-hydrogen) atoms. The van der Waals surface area contributed by atoms with Crippen LogP contribution in [0.1, 0.15) is 106 Å². The predicted octanol–water partition coefficient (Wildman–Crippen LogP) is 7.21. The van der Waals surface area contributed by atoms with Crippen LogP contribution in [-0.2, 0) is 44.2 Å². The summed E-state index contributed by atoms with van der Waals surface area (Å²) in [4.78, 5) is 59.0. The maximum absolute atomic E-state index is 14.2. The van der Waals surface area contributed by atoms with Crippen molar-refractivity contribution in [3.63, 3.8) is 0 Å². The van der Waals surface area contributed by atoms with Gasteiger partial charge in [0.1, 0.15) is 11.5 Å². The molecule has 9 atom stereocenters. The summed E-state index contributed by atoms with van der Waals surface area (Å²) >= 11 is 0. The van der Waals surface area contributed by atoms with Gasteiger partial charge in [-0.2, -0.15) is 0 Å². The minimum absolute atomic E-state index is 0.0133. The van der Waals surface area contributed by atoms with E-state index < -0.39 is 37.7 Å². The number of nitrogens with one attached hydrogen (secondary N) is 1. The average Bonchev–Trinajstić information content (AvgIpc) is 3.63. The van der Waals surface area contributed by atoms with E-state index in [1.54, 1.807) is 46.2 Å². The molecule has 0 radical (unpaired) electrons. The van der Waals surface area contributed by atoms with Crippen molar-refractivity contribution in [3.05, 3.63) is 29.8 Å². The zero-order valence-corrected chi connectivity index (χ0v) is 37.6. The highest BCUT2D eigenvalue weighted by molar-refractivity contribution is 7.53. The third-order valence-corrected chi connectivity index (χ3v) is 12.9. The number of Topliss-reactive ketones (excluding diaryl/α,β-unsaturated/α-hetero) is 2. The molecule has 1 saturated heterocycles. The van der Waals surface area contributed by atoms with Crippen LogP contribution in [0.5, 0.6) is 5.75 Å². The first-order valence-corrected chi connectivity index (χ1v) is 22.7. The lowest BCUT2D eigenvalue weighted by Gasteiger charge is -2.41. The van der Waals surface area contributed by atoms with E-state index >= 15 is 0 Å². The highest BCUT2D eigenvalue weighted by Crippen LogP contribution is 2.45. The Morgan fingerprint density at radius 1 is 0.964 bits per heavy atom. The van der Waals surface area contributed by atoms with Crippen LogP contribution in [0.25, 0.3) is 0 Å². The lowest BCUT2D eigenvalue weighted by atomic mass is 9.84. The number of ether oxygens (including phenoxy) is 2. The summed E-state index contributed by atoms with van der Waals surface area (Å²) in [6.45, 7) is 18.0. The number of nitrogens with zero attached hydrogens (tertiary/aromatic N) is 2. The van der Waals surface area contributed by atoms with Gasteiger partial charge < -0.3 is 33.6 Å². The molecule has 13 heteroatoms. The molecule has 1 heterocycles. The largest absolute Gasteiger partial charge is 0.424 e. The third kappa shape index (κ3) is 13.7. The van der Waals surface area contributed by atoms with Crippen molar-refractivity contribution < 1.29 is 42.3 Å². The molecule has 1 fully saturated rings.